The number of amides is 1. The lowest BCUT2D eigenvalue weighted by atomic mass is 10.7. The van der Waals surface area contributed by atoms with E-state index in [4.69, 9.17) is 5.11 Å². The number of carboxylic acid groups (broad SMARTS) is 1. The summed E-state index contributed by atoms with van der Waals surface area (Å²) in [5, 5.41) is 9.78. The van der Waals surface area contributed by atoms with Gasteiger partial charge in [0.2, 0.25) is 0 Å². The topological polar surface area (TPSA) is 58.6 Å². The lowest BCUT2D eigenvalue weighted by Gasteiger charge is -2.00. The van der Waals surface area contributed by atoms with E-state index < -0.39 is 12.7 Å². The third-order valence-corrected chi connectivity index (χ3v) is 0.622. The van der Waals surface area contributed by atoms with Crippen molar-refractivity contribution in [2.24, 2.45) is 0 Å². The first-order valence-electron chi connectivity index (χ1n) is 2.49. The van der Waals surface area contributed by atoms with Crippen molar-refractivity contribution >= 4 is 6.09 Å². The van der Waals surface area contributed by atoms with Gasteiger partial charge in [-0.05, 0) is 0 Å². The van der Waals surface area contributed by atoms with Crippen LogP contribution in [0.5, 0.6) is 0 Å². The van der Waals surface area contributed by atoms with Crippen LogP contribution in [0.4, 0.5) is 13.6 Å². The molecule has 0 unspecified atom stereocenters. The molecule has 0 saturated heterocycles. The average molecular weight is 155 g/mol. The van der Waals surface area contributed by atoms with E-state index in [1.165, 1.54) is 0 Å². The Labute approximate surface area is 55.8 Å². The second-order valence-corrected chi connectivity index (χ2v) is 1.36. The van der Waals surface area contributed by atoms with Crippen molar-refractivity contribution in [1.82, 2.24) is 5.32 Å². The highest BCUT2D eigenvalue weighted by atomic mass is 19.3. The van der Waals surface area contributed by atoms with Gasteiger partial charge in [-0.3, -0.25) is 0 Å². The van der Waals surface area contributed by atoms with Crippen molar-refractivity contribution in [3.63, 3.8) is 0 Å². The number of ether oxygens (including phenoxy) is 1. The molecule has 0 atom stereocenters. The molecule has 0 rings (SSSR count). The van der Waals surface area contributed by atoms with Crippen LogP contribution in [-0.4, -0.2) is 31.0 Å². The van der Waals surface area contributed by atoms with E-state index in [9.17, 15) is 13.6 Å². The van der Waals surface area contributed by atoms with Gasteiger partial charge in [-0.15, -0.1) is 0 Å². The number of carbonyl (C=O) groups is 1. The third-order valence-electron chi connectivity index (χ3n) is 0.622. The molecular weight excluding hydrogens is 148 g/mol. The molecule has 0 aliphatic carbocycles. The van der Waals surface area contributed by atoms with Gasteiger partial charge in [0.1, 0.15) is 0 Å². The van der Waals surface area contributed by atoms with Crippen LogP contribution < -0.4 is 5.32 Å². The maximum atomic E-state index is 11.2. The summed E-state index contributed by atoms with van der Waals surface area (Å²) in [6, 6.07) is 0. The summed E-state index contributed by atoms with van der Waals surface area (Å²) in [5.41, 5.74) is 0. The number of hydrogen-bond donors (Lipinski definition) is 2. The van der Waals surface area contributed by atoms with E-state index in [1.54, 1.807) is 0 Å². The second-order valence-electron chi connectivity index (χ2n) is 1.36. The van der Waals surface area contributed by atoms with Crippen LogP contribution >= 0.6 is 0 Å². The van der Waals surface area contributed by atoms with Crippen molar-refractivity contribution < 1.29 is 23.4 Å². The minimum atomic E-state index is -2.84. The van der Waals surface area contributed by atoms with E-state index in [0.717, 1.165) is 0 Å². The van der Waals surface area contributed by atoms with Crippen LogP contribution in [0, 0.1) is 0 Å². The Kier molecular flexibility index (Phi) is 4.47. The zero-order valence-corrected chi connectivity index (χ0v) is 5.01. The van der Waals surface area contributed by atoms with Crippen molar-refractivity contribution in [1.29, 1.82) is 0 Å². The number of hydrogen-bond acceptors (Lipinski definition) is 2. The minimum absolute atomic E-state index is 0.125. The molecule has 2 N–H and O–H groups in total. The van der Waals surface area contributed by atoms with Gasteiger partial charge in [-0.2, -0.15) is 8.78 Å². The van der Waals surface area contributed by atoms with E-state index in [2.05, 4.69) is 4.74 Å². The van der Waals surface area contributed by atoms with Crippen LogP contribution in [0.25, 0.3) is 0 Å². The van der Waals surface area contributed by atoms with Gasteiger partial charge in [0, 0.05) is 6.54 Å². The molecule has 4 nitrogen and oxygen atoms in total. The molecule has 0 radical (unpaired) electrons. The molecule has 0 bridgehead atoms. The first-order chi connectivity index (χ1) is 4.63. The van der Waals surface area contributed by atoms with Crippen LogP contribution in [0.15, 0.2) is 0 Å². The molecule has 1 amide bonds. The fourth-order valence-electron chi connectivity index (χ4n) is 0.306. The Hall–Kier alpha value is -0.910. The predicted molar refractivity (Wildman–Crippen MR) is 28.0 cm³/mol. The van der Waals surface area contributed by atoms with Gasteiger partial charge in [0.25, 0.3) is 0 Å². The van der Waals surface area contributed by atoms with Gasteiger partial charge in [-0.25, -0.2) is 4.79 Å². The predicted octanol–water partition coefficient (Wildman–Crippen LogP) is 0.493. The molecule has 0 aromatic carbocycles. The highest BCUT2D eigenvalue weighted by molar-refractivity contribution is 5.64. The Bertz CT molecular complexity index is 109. The zero-order chi connectivity index (χ0) is 7.98. The number of halogens is 2. The molecule has 0 heterocycles. The molecule has 0 aromatic rings. The summed E-state index contributed by atoms with van der Waals surface area (Å²) >= 11 is 0. The fourth-order valence-corrected chi connectivity index (χ4v) is 0.306. The van der Waals surface area contributed by atoms with Gasteiger partial charge < -0.3 is 15.2 Å². The maximum absolute atomic E-state index is 11.2. The summed E-state index contributed by atoms with van der Waals surface area (Å²) in [6.45, 7) is -3.28. The van der Waals surface area contributed by atoms with Gasteiger partial charge in [0.15, 0.2) is 0 Å². The lowest BCUT2D eigenvalue weighted by molar-refractivity contribution is -0.127. The van der Waals surface area contributed by atoms with Crippen LogP contribution in [-0.2, 0) is 4.74 Å². The van der Waals surface area contributed by atoms with Crippen LogP contribution in [0.1, 0.15) is 0 Å². The first-order valence-corrected chi connectivity index (χ1v) is 2.49. The quantitative estimate of drug-likeness (QED) is 0.581. The molecule has 60 valence electrons. The number of nitrogens with one attached hydrogen (secondary N) is 1. The fraction of sp³-hybridized carbons (Fsp3) is 0.750. The van der Waals surface area contributed by atoms with Crippen LogP contribution in [0.3, 0.4) is 0 Å². The normalized spacial score (nSPS) is 9.90. The summed E-state index contributed by atoms with van der Waals surface area (Å²) in [4.78, 5) is 9.69. The largest absolute Gasteiger partial charge is 0.465 e. The zero-order valence-electron chi connectivity index (χ0n) is 5.01. The van der Waals surface area contributed by atoms with E-state index in [0.29, 0.717) is 0 Å². The molecule has 0 aliphatic heterocycles. The van der Waals surface area contributed by atoms with E-state index in [-0.39, 0.29) is 13.2 Å². The molecule has 0 aliphatic rings. The molecule has 0 aromatic heterocycles. The molecular formula is C4H7F2NO3. The standard InChI is InChI=1S/C4H7F2NO3/c5-3(6)10-2-1-7-4(8)9/h3,7H,1-2H2,(H,8,9). The summed E-state index contributed by atoms with van der Waals surface area (Å²) in [6.07, 6.45) is -1.25. The molecule has 10 heavy (non-hydrogen) atoms. The summed E-state index contributed by atoms with van der Waals surface area (Å²) < 4.78 is 26.1. The summed E-state index contributed by atoms with van der Waals surface area (Å²) in [7, 11) is 0. The van der Waals surface area contributed by atoms with E-state index in [1.807, 2.05) is 5.32 Å². The maximum Gasteiger partial charge on any atom is 0.404 e. The van der Waals surface area contributed by atoms with Crippen molar-refractivity contribution in [3.8, 4) is 0 Å². The van der Waals surface area contributed by atoms with Gasteiger partial charge in [-0.1, -0.05) is 0 Å². The Morgan fingerprint density at radius 1 is 1.70 bits per heavy atom. The van der Waals surface area contributed by atoms with Crippen molar-refractivity contribution in [2.45, 2.75) is 6.61 Å². The van der Waals surface area contributed by atoms with Crippen molar-refractivity contribution in [3.05, 3.63) is 0 Å². The third kappa shape index (κ3) is 7.09. The van der Waals surface area contributed by atoms with E-state index >= 15 is 0 Å². The summed E-state index contributed by atoms with van der Waals surface area (Å²) in [5.74, 6) is 0. The smallest absolute Gasteiger partial charge is 0.404 e. The highest BCUT2D eigenvalue weighted by Crippen LogP contribution is 1.91. The Morgan fingerprint density at radius 3 is 2.70 bits per heavy atom. The van der Waals surface area contributed by atoms with Gasteiger partial charge in [0.05, 0.1) is 6.61 Å². The lowest BCUT2D eigenvalue weighted by Crippen LogP contribution is -2.25. The SMILES string of the molecule is O=C(O)NCCOC(F)F. The molecule has 0 spiro atoms. The van der Waals surface area contributed by atoms with Crippen LogP contribution in [0.2, 0.25) is 0 Å². The molecule has 6 heteroatoms. The van der Waals surface area contributed by atoms with Crippen molar-refractivity contribution in [2.75, 3.05) is 13.2 Å². The second kappa shape index (κ2) is 4.92. The minimum Gasteiger partial charge on any atom is -0.465 e. The number of alkyl halides is 2. The highest BCUT2D eigenvalue weighted by Gasteiger charge is 2.00. The Morgan fingerprint density at radius 2 is 2.30 bits per heavy atom. The van der Waals surface area contributed by atoms with Gasteiger partial charge >= 0.3 is 12.7 Å². The molecule has 0 saturated carbocycles. The molecule has 0 fully saturated rings. The Balaban J connectivity index is 2.98. The monoisotopic (exact) mass is 155 g/mol. The number of rotatable bonds is 4. The average Bonchev–Trinajstić information content (AvgIpc) is 1.79. The first kappa shape index (κ1) is 9.09.